The van der Waals surface area contributed by atoms with Crippen LogP contribution in [-0.2, 0) is 6.42 Å². The van der Waals surface area contributed by atoms with E-state index in [0.717, 1.165) is 16.8 Å². The Hall–Kier alpha value is -3.30. The number of nitrogens with zero attached hydrogens (tertiary/aromatic N) is 4. The molecule has 10 heteroatoms. The summed E-state index contributed by atoms with van der Waals surface area (Å²) in [7, 11) is 0. The maximum absolute atomic E-state index is 11.1. The number of carboxylic acids is 1. The van der Waals surface area contributed by atoms with Crippen LogP contribution in [0, 0.1) is 20.2 Å². The van der Waals surface area contributed by atoms with Crippen molar-refractivity contribution >= 4 is 17.3 Å². The third-order valence-electron chi connectivity index (χ3n) is 2.96. The van der Waals surface area contributed by atoms with Crippen molar-refractivity contribution in [3.05, 3.63) is 55.9 Å². The maximum atomic E-state index is 11.1. The Balaban J connectivity index is 2.69. The molecule has 0 aliphatic rings. The molecule has 0 bridgehead atoms. The predicted octanol–water partition coefficient (Wildman–Crippen LogP) is 1.95. The molecular formula is C12H10N4O6. The van der Waals surface area contributed by atoms with Crippen LogP contribution in [0.3, 0.4) is 0 Å². The van der Waals surface area contributed by atoms with Crippen molar-refractivity contribution < 1.29 is 19.7 Å². The zero-order valence-electron chi connectivity index (χ0n) is 11.3. The molecule has 0 fully saturated rings. The van der Waals surface area contributed by atoms with E-state index in [4.69, 9.17) is 5.11 Å². The van der Waals surface area contributed by atoms with Gasteiger partial charge in [0.05, 0.1) is 15.9 Å². The minimum absolute atomic E-state index is 0.0278. The number of aromatic nitrogens is 2. The third-order valence-corrected chi connectivity index (χ3v) is 2.96. The molecule has 0 radical (unpaired) electrons. The first-order chi connectivity index (χ1) is 10.3. The van der Waals surface area contributed by atoms with E-state index in [1.807, 2.05) is 0 Å². The lowest BCUT2D eigenvalue weighted by molar-refractivity contribution is -0.394. The van der Waals surface area contributed by atoms with E-state index in [2.05, 4.69) is 5.10 Å². The highest BCUT2D eigenvalue weighted by molar-refractivity contribution is 5.85. The molecule has 0 aliphatic heterocycles. The lowest BCUT2D eigenvalue weighted by Crippen LogP contribution is -2.07. The Bertz CT molecular complexity index is 782. The Morgan fingerprint density at radius 2 is 1.95 bits per heavy atom. The van der Waals surface area contributed by atoms with Crippen LogP contribution in [0.1, 0.15) is 23.1 Å². The third kappa shape index (κ3) is 2.61. The van der Waals surface area contributed by atoms with Gasteiger partial charge in [0.15, 0.2) is 5.69 Å². The van der Waals surface area contributed by atoms with Crippen molar-refractivity contribution in [3.8, 4) is 5.69 Å². The maximum Gasteiger partial charge on any atom is 0.356 e. The highest BCUT2D eigenvalue weighted by Crippen LogP contribution is 2.28. The normalized spacial score (nSPS) is 10.4. The molecule has 0 atom stereocenters. The molecule has 0 amide bonds. The number of aromatic carboxylic acids is 1. The summed E-state index contributed by atoms with van der Waals surface area (Å²) in [5.74, 6) is -1.27. The summed E-state index contributed by atoms with van der Waals surface area (Å²) in [5.41, 5.74) is -0.804. The first kappa shape index (κ1) is 15.1. The van der Waals surface area contributed by atoms with E-state index in [9.17, 15) is 25.0 Å². The van der Waals surface area contributed by atoms with E-state index in [1.165, 1.54) is 12.1 Å². The molecule has 1 N–H and O–H groups in total. The van der Waals surface area contributed by atoms with Crippen LogP contribution in [0.2, 0.25) is 0 Å². The molecule has 0 saturated heterocycles. The summed E-state index contributed by atoms with van der Waals surface area (Å²) in [6, 6.07) is 4.39. The Morgan fingerprint density at radius 1 is 1.27 bits per heavy atom. The van der Waals surface area contributed by atoms with E-state index >= 15 is 0 Å². The fourth-order valence-corrected chi connectivity index (χ4v) is 1.94. The first-order valence-electron chi connectivity index (χ1n) is 6.10. The Kier molecular flexibility index (Phi) is 3.84. The molecule has 1 aromatic carbocycles. The van der Waals surface area contributed by atoms with Gasteiger partial charge in [-0.2, -0.15) is 5.10 Å². The monoisotopic (exact) mass is 306 g/mol. The van der Waals surface area contributed by atoms with Crippen molar-refractivity contribution in [1.29, 1.82) is 0 Å². The van der Waals surface area contributed by atoms with Gasteiger partial charge in [-0.05, 0) is 18.6 Å². The lowest BCUT2D eigenvalue weighted by Gasteiger charge is -2.06. The highest BCUT2D eigenvalue weighted by Gasteiger charge is 2.24. The summed E-state index contributed by atoms with van der Waals surface area (Å²) in [4.78, 5) is 31.3. The highest BCUT2D eigenvalue weighted by atomic mass is 16.6. The number of carbonyl (C=O) groups is 1. The van der Waals surface area contributed by atoms with Gasteiger partial charge in [0.2, 0.25) is 0 Å². The van der Waals surface area contributed by atoms with Crippen LogP contribution < -0.4 is 0 Å². The van der Waals surface area contributed by atoms with Crippen LogP contribution in [-0.4, -0.2) is 30.7 Å². The van der Waals surface area contributed by atoms with E-state index in [1.54, 1.807) is 6.92 Å². The number of hydrogen-bond acceptors (Lipinski definition) is 6. The first-order valence-corrected chi connectivity index (χ1v) is 6.10. The second-order valence-electron chi connectivity index (χ2n) is 4.28. The smallest absolute Gasteiger partial charge is 0.356 e. The zero-order chi connectivity index (χ0) is 16.4. The summed E-state index contributed by atoms with van der Waals surface area (Å²) >= 11 is 0. The van der Waals surface area contributed by atoms with E-state index in [-0.39, 0.29) is 11.4 Å². The number of nitro benzene ring substituents is 2. The average Bonchev–Trinajstić information content (AvgIpc) is 2.90. The van der Waals surface area contributed by atoms with Gasteiger partial charge in [-0.25, -0.2) is 9.48 Å². The van der Waals surface area contributed by atoms with Gasteiger partial charge >= 0.3 is 11.7 Å². The fourth-order valence-electron chi connectivity index (χ4n) is 1.94. The largest absolute Gasteiger partial charge is 0.476 e. The number of hydrogen-bond donors (Lipinski definition) is 1. The fraction of sp³-hybridized carbons (Fsp3) is 0.167. The number of benzene rings is 1. The minimum atomic E-state index is -1.27. The number of non-ortho nitro benzene ring substituents is 1. The van der Waals surface area contributed by atoms with Gasteiger partial charge in [-0.3, -0.25) is 20.2 Å². The van der Waals surface area contributed by atoms with Crippen molar-refractivity contribution in [1.82, 2.24) is 9.78 Å². The Labute approximate surface area is 122 Å². The second-order valence-corrected chi connectivity index (χ2v) is 4.28. The average molecular weight is 306 g/mol. The Morgan fingerprint density at radius 3 is 2.45 bits per heavy atom. The molecular weight excluding hydrogens is 296 g/mol. The van der Waals surface area contributed by atoms with Gasteiger partial charge in [0.25, 0.3) is 5.69 Å². The van der Waals surface area contributed by atoms with Crippen LogP contribution in [0.25, 0.3) is 5.69 Å². The topological polar surface area (TPSA) is 141 Å². The quantitative estimate of drug-likeness (QED) is 0.657. The summed E-state index contributed by atoms with van der Waals surface area (Å²) in [5, 5.41) is 34.6. The second kappa shape index (κ2) is 5.60. The molecule has 114 valence electrons. The SMILES string of the molecule is CCc1cc(C(=O)O)nn1-c1ccc([N+](=O)[O-])cc1[N+](=O)[O-]. The van der Waals surface area contributed by atoms with Crippen LogP contribution in [0.4, 0.5) is 11.4 Å². The lowest BCUT2D eigenvalue weighted by atomic mass is 10.2. The van der Waals surface area contributed by atoms with Crippen molar-refractivity contribution in [2.45, 2.75) is 13.3 Å². The number of aryl methyl sites for hydroxylation is 1. The van der Waals surface area contributed by atoms with E-state index in [0.29, 0.717) is 12.1 Å². The molecule has 1 aromatic heterocycles. The standard InChI is InChI=1S/C12H10N4O6/c1-2-7-5-9(12(17)18)13-14(7)10-4-3-8(15(19)20)6-11(10)16(21)22/h3-6H,2H2,1H3,(H,17,18). The zero-order valence-corrected chi connectivity index (χ0v) is 11.3. The van der Waals surface area contributed by atoms with Gasteiger partial charge in [-0.1, -0.05) is 6.92 Å². The van der Waals surface area contributed by atoms with E-state index < -0.39 is 27.2 Å². The van der Waals surface area contributed by atoms with Crippen molar-refractivity contribution in [2.24, 2.45) is 0 Å². The van der Waals surface area contributed by atoms with Gasteiger partial charge in [-0.15, -0.1) is 0 Å². The summed E-state index contributed by atoms with van der Waals surface area (Å²) in [6.07, 6.45) is 0.383. The van der Waals surface area contributed by atoms with Crippen molar-refractivity contribution in [3.63, 3.8) is 0 Å². The van der Waals surface area contributed by atoms with Crippen LogP contribution in [0.15, 0.2) is 24.3 Å². The van der Waals surface area contributed by atoms with Gasteiger partial charge in [0, 0.05) is 11.8 Å². The molecule has 0 aliphatic carbocycles. The molecule has 0 unspecified atom stereocenters. The summed E-state index contributed by atoms with van der Waals surface area (Å²) in [6.45, 7) is 1.73. The number of nitro groups is 2. The van der Waals surface area contributed by atoms with Gasteiger partial charge in [0.1, 0.15) is 5.69 Å². The number of rotatable bonds is 5. The minimum Gasteiger partial charge on any atom is -0.476 e. The molecule has 0 spiro atoms. The number of carboxylic acid groups (broad SMARTS) is 1. The molecule has 2 aromatic rings. The molecule has 22 heavy (non-hydrogen) atoms. The molecule has 2 rings (SSSR count). The summed E-state index contributed by atoms with van der Waals surface area (Å²) < 4.78 is 1.12. The molecule has 0 saturated carbocycles. The molecule has 10 nitrogen and oxygen atoms in total. The van der Waals surface area contributed by atoms with Crippen LogP contribution in [0.5, 0.6) is 0 Å². The van der Waals surface area contributed by atoms with Gasteiger partial charge < -0.3 is 5.11 Å². The molecule has 1 heterocycles. The van der Waals surface area contributed by atoms with Crippen LogP contribution >= 0.6 is 0 Å². The predicted molar refractivity (Wildman–Crippen MR) is 73.2 cm³/mol. The van der Waals surface area contributed by atoms with Crippen molar-refractivity contribution in [2.75, 3.05) is 0 Å².